The fourth-order valence-electron chi connectivity index (χ4n) is 4.85. The number of carboxylic acid groups (broad SMARTS) is 1. The van der Waals surface area contributed by atoms with E-state index in [4.69, 9.17) is 9.47 Å². The van der Waals surface area contributed by atoms with Crippen molar-refractivity contribution >= 4 is 34.9 Å². The SMILES string of the molecule is CCN(CC)CCNC(=O)n1ccc2cc(Oc3ccnc(N(C(=O)O)C(=O)Oc4ccccc4-c4ccccc4)c3)ccc21. The summed E-state index contributed by atoms with van der Waals surface area (Å²) in [5.41, 5.74) is 2.14. The summed E-state index contributed by atoms with van der Waals surface area (Å²) >= 11 is 0. The molecule has 0 fully saturated rings. The van der Waals surface area contributed by atoms with E-state index in [0.29, 0.717) is 28.3 Å². The van der Waals surface area contributed by atoms with Crippen molar-refractivity contribution in [2.75, 3.05) is 31.1 Å². The van der Waals surface area contributed by atoms with E-state index in [9.17, 15) is 19.5 Å². The van der Waals surface area contributed by atoms with Crippen molar-refractivity contribution in [1.82, 2.24) is 19.8 Å². The molecule has 0 aliphatic carbocycles. The van der Waals surface area contributed by atoms with E-state index in [1.165, 1.54) is 22.9 Å². The molecule has 2 aromatic heterocycles. The van der Waals surface area contributed by atoms with Gasteiger partial charge in [0, 0.05) is 42.5 Å². The third kappa shape index (κ3) is 7.28. The molecule has 5 rings (SSSR count). The first kappa shape index (κ1) is 30.8. The van der Waals surface area contributed by atoms with Crippen molar-refractivity contribution in [2.24, 2.45) is 0 Å². The van der Waals surface area contributed by atoms with Gasteiger partial charge in [0.1, 0.15) is 17.2 Å². The van der Waals surface area contributed by atoms with Crippen molar-refractivity contribution in [3.63, 3.8) is 0 Å². The molecule has 2 heterocycles. The molecule has 3 amide bonds. The Labute approximate surface area is 260 Å². The van der Waals surface area contributed by atoms with Gasteiger partial charge < -0.3 is 24.8 Å². The summed E-state index contributed by atoms with van der Waals surface area (Å²) in [6.45, 7) is 7.31. The van der Waals surface area contributed by atoms with Gasteiger partial charge in [0.05, 0.1) is 5.52 Å². The number of imide groups is 1. The third-order valence-electron chi connectivity index (χ3n) is 7.20. The van der Waals surface area contributed by atoms with Gasteiger partial charge in [0.25, 0.3) is 0 Å². The minimum absolute atomic E-state index is 0.198. The molecule has 2 N–H and O–H groups in total. The summed E-state index contributed by atoms with van der Waals surface area (Å²) in [7, 11) is 0. The van der Waals surface area contributed by atoms with Crippen LogP contribution in [0.2, 0.25) is 0 Å². The zero-order chi connectivity index (χ0) is 31.8. The Morgan fingerprint density at radius 3 is 2.38 bits per heavy atom. The molecule has 11 nitrogen and oxygen atoms in total. The van der Waals surface area contributed by atoms with Crippen molar-refractivity contribution in [2.45, 2.75) is 13.8 Å². The highest BCUT2D eigenvalue weighted by atomic mass is 16.6. The van der Waals surface area contributed by atoms with Crippen LogP contribution in [0.25, 0.3) is 22.0 Å². The van der Waals surface area contributed by atoms with Crippen LogP contribution in [-0.4, -0.2) is 64.0 Å². The Morgan fingerprint density at radius 2 is 1.62 bits per heavy atom. The Bertz CT molecular complexity index is 1800. The number of pyridine rings is 1. The van der Waals surface area contributed by atoms with Crippen molar-refractivity contribution < 1.29 is 29.0 Å². The number of hydrogen-bond donors (Lipinski definition) is 2. The molecule has 0 saturated carbocycles. The lowest BCUT2D eigenvalue weighted by molar-refractivity contribution is 0.187. The van der Waals surface area contributed by atoms with Gasteiger partial charge in [-0.25, -0.2) is 19.4 Å². The number of ether oxygens (including phenoxy) is 2. The Hall–Kier alpha value is -5.68. The summed E-state index contributed by atoms with van der Waals surface area (Å²) in [6.07, 6.45) is 0.315. The molecule has 45 heavy (non-hydrogen) atoms. The van der Waals surface area contributed by atoms with Gasteiger partial charge in [-0.1, -0.05) is 62.4 Å². The number of anilines is 1. The van der Waals surface area contributed by atoms with Crippen molar-refractivity contribution in [3.8, 4) is 28.4 Å². The standard InChI is InChI=1S/C34H33N5O6/c1-3-37(4-2)21-19-36-32(40)38-20-17-25-22-26(14-15-29(25)38)44-27-16-18-35-31(23-27)39(33(41)42)34(43)45-30-13-9-8-12-28(30)24-10-6-5-7-11-24/h5-18,20,22-23H,3-4,19,21H2,1-2H3,(H,36,40)(H,41,42). The second kappa shape index (κ2) is 14.2. The van der Waals surface area contributed by atoms with Gasteiger partial charge in [-0.3, -0.25) is 4.57 Å². The molecule has 230 valence electrons. The molecule has 0 bridgehead atoms. The summed E-state index contributed by atoms with van der Waals surface area (Å²) in [4.78, 5) is 44.8. The van der Waals surface area contributed by atoms with E-state index in [0.717, 1.165) is 30.6 Å². The molecular formula is C34H33N5O6. The lowest BCUT2D eigenvalue weighted by Crippen LogP contribution is -2.38. The van der Waals surface area contributed by atoms with E-state index >= 15 is 0 Å². The number of para-hydroxylation sites is 1. The van der Waals surface area contributed by atoms with E-state index in [-0.39, 0.29) is 23.3 Å². The topological polar surface area (TPSA) is 126 Å². The van der Waals surface area contributed by atoms with Crippen LogP contribution >= 0.6 is 0 Å². The number of nitrogens with zero attached hydrogens (tertiary/aromatic N) is 4. The monoisotopic (exact) mass is 607 g/mol. The average Bonchev–Trinajstić information content (AvgIpc) is 3.47. The summed E-state index contributed by atoms with van der Waals surface area (Å²) in [6, 6.07) is 25.8. The van der Waals surface area contributed by atoms with Gasteiger partial charge in [-0.05, 0) is 55.1 Å². The van der Waals surface area contributed by atoms with Gasteiger partial charge in [0.15, 0.2) is 5.82 Å². The molecule has 0 radical (unpaired) electrons. The zero-order valence-electron chi connectivity index (χ0n) is 24.9. The summed E-state index contributed by atoms with van der Waals surface area (Å²) in [5.74, 6) is 0.693. The minimum Gasteiger partial charge on any atom is -0.464 e. The van der Waals surface area contributed by atoms with Crippen LogP contribution in [-0.2, 0) is 0 Å². The lowest BCUT2D eigenvalue weighted by atomic mass is 10.1. The predicted molar refractivity (Wildman–Crippen MR) is 171 cm³/mol. The minimum atomic E-state index is -1.57. The second-order valence-electron chi connectivity index (χ2n) is 9.97. The van der Waals surface area contributed by atoms with Crippen LogP contribution in [0.3, 0.4) is 0 Å². The number of fused-ring (bicyclic) bond motifs is 1. The van der Waals surface area contributed by atoms with Crippen molar-refractivity contribution in [1.29, 1.82) is 0 Å². The molecular weight excluding hydrogens is 574 g/mol. The van der Waals surface area contributed by atoms with E-state index < -0.39 is 12.2 Å². The number of benzene rings is 3. The first-order chi connectivity index (χ1) is 21.9. The van der Waals surface area contributed by atoms with Crippen LogP contribution in [0.15, 0.2) is 103 Å². The molecule has 0 atom stereocenters. The van der Waals surface area contributed by atoms with Crippen LogP contribution in [0.5, 0.6) is 17.2 Å². The first-order valence-corrected chi connectivity index (χ1v) is 14.5. The Balaban J connectivity index is 1.30. The van der Waals surface area contributed by atoms with Gasteiger partial charge >= 0.3 is 18.2 Å². The number of likely N-dealkylation sites (N-methyl/N-ethyl adjacent to an activating group) is 1. The molecule has 5 aromatic rings. The highest BCUT2D eigenvalue weighted by Crippen LogP contribution is 2.31. The molecule has 0 saturated heterocycles. The molecule has 0 aliphatic heterocycles. The van der Waals surface area contributed by atoms with Crippen LogP contribution in [0, 0.1) is 0 Å². The maximum atomic E-state index is 13.1. The highest BCUT2D eigenvalue weighted by molar-refractivity contribution is 6.08. The molecule has 0 unspecified atom stereocenters. The number of carbonyl (C=O) groups is 3. The molecule has 3 aromatic carbocycles. The van der Waals surface area contributed by atoms with E-state index in [1.807, 2.05) is 30.3 Å². The van der Waals surface area contributed by atoms with E-state index in [2.05, 4.69) is 29.0 Å². The fraction of sp³-hybridized carbons (Fsp3) is 0.176. The smallest absolute Gasteiger partial charge is 0.430 e. The van der Waals surface area contributed by atoms with E-state index in [1.54, 1.807) is 54.7 Å². The fourth-order valence-corrected chi connectivity index (χ4v) is 4.85. The van der Waals surface area contributed by atoms with Gasteiger partial charge in [-0.15, -0.1) is 0 Å². The third-order valence-corrected chi connectivity index (χ3v) is 7.20. The number of aromatic nitrogens is 2. The van der Waals surface area contributed by atoms with Gasteiger partial charge in [-0.2, -0.15) is 4.90 Å². The predicted octanol–water partition coefficient (Wildman–Crippen LogP) is 7.08. The lowest BCUT2D eigenvalue weighted by Gasteiger charge is -2.18. The molecule has 0 spiro atoms. The zero-order valence-corrected chi connectivity index (χ0v) is 24.9. The average molecular weight is 608 g/mol. The first-order valence-electron chi connectivity index (χ1n) is 14.5. The maximum Gasteiger partial charge on any atom is 0.430 e. The van der Waals surface area contributed by atoms with Crippen LogP contribution < -0.4 is 19.7 Å². The number of rotatable bonds is 10. The Morgan fingerprint density at radius 1 is 0.889 bits per heavy atom. The normalized spacial score (nSPS) is 10.9. The largest absolute Gasteiger partial charge is 0.464 e. The van der Waals surface area contributed by atoms with Crippen molar-refractivity contribution in [3.05, 3.63) is 103 Å². The Kier molecular flexibility index (Phi) is 9.70. The summed E-state index contributed by atoms with van der Waals surface area (Å²) in [5, 5.41) is 13.6. The molecule has 11 heteroatoms. The second-order valence-corrected chi connectivity index (χ2v) is 9.97. The number of hydrogen-bond acceptors (Lipinski definition) is 7. The number of carbonyl (C=O) groups excluding carboxylic acids is 2. The van der Waals surface area contributed by atoms with Crippen LogP contribution in [0.1, 0.15) is 13.8 Å². The maximum absolute atomic E-state index is 13.1. The summed E-state index contributed by atoms with van der Waals surface area (Å²) < 4.78 is 13.1. The number of amides is 3. The number of nitrogens with one attached hydrogen (secondary N) is 1. The quantitative estimate of drug-likeness (QED) is 0.173. The van der Waals surface area contributed by atoms with Crippen LogP contribution in [0.4, 0.5) is 20.2 Å². The highest BCUT2D eigenvalue weighted by Gasteiger charge is 2.28. The van der Waals surface area contributed by atoms with Gasteiger partial charge in [0.2, 0.25) is 0 Å². The molecule has 0 aliphatic rings.